The standard InChI is InChI=1S/C29H29Cl2N3O5/c30-21-14-32-15-22(31)25(21)26-20(27(39-34-26)19-1-2-19)16-38-29-9-6-28(7-10-29,8-11-29)5-3-18-4-12-33-23(13-18)37-17-24(35)36/h3-5,12-15,19H,1-2,6-11,16-17H2,(H,35,36)/b5-3+. The van der Waals surface area contributed by atoms with E-state index in [-0.39, 0.29) is 11.0 Å². The molecule has 0 atom stereocenters. The van der Waals surface area contributed by atoms with Gasteiger partial charge in [0.05, 0.1) is 22.3 Å². The molecule has 0 aromatic carbocycles. The minimum Gasteiger partial charge on any atom is -0.479 e. The van der Waals surface area contributed by atoms with E-state index in [9.17, 15) is 4.79 Å². The molecule has 204 valence electrons. The topological polar surface area (TPSA) is 108 Å². The van der Waals surface area contributed by atoms with E-state index in [0.29, 0.717) is 39.7 Å². The van der Waals surface area contributed by atoms with Gasteiger partial charge in [0.15, 0.2) is 6.61 Å². The number of hydrogen-bond acceptors (Lipinski definition) is 7. The summed E-state index contributed by atoms with van der Waals surface area (Å²) in [5, 5.41) is 14.1. The third-order valence-corrected chi connectivity index (χ3v) is 8.92. The fourth-order valence-electron chi connectivity index (χ4n) is 5.85. The quantitative estimate of drug-likeness (QED) is 0.275. The van der Waals surface area contributed by atoms with E-state index in [1.54, 1.807) is 24.7 Å². The first-order chi connectivity index (χ1) is 18.9. The number of carbonyl (C=O) groups is 1. The Morgan fingerprint density at radius 1 is 1.13 bits per heavy atom. The van der Waals surface area contributed by atoms with Crippen molar-refractivity contribution in [2.24, 2.45) is 5.41 Å². The molecule has 10 heteroatoms. The molecule has 1 N–H and O–H groups in total. The number of aliphatic carboxylic acids is 1. The number of fused-ring (bicyclic) bond motifs is 3. The molecule has 4 saturated carbocycles. The Kier molecular flexibility index (Phi) is 7.12. The van der Waals surface area contributed by atoms with Gasteiger partial charge in [-0.1, -0.05) is 40.5 Å². The van der Waals surface area contributed by atoms with Gasteiger partial charge in [0.2, 0.25) is 5.88 Å². The molecular weight excluding hydrogens is 541 g/mol. The zero-order valence-electron chi connectivity index (χ0n) is 21.4. The summed E-state index contributed by atoms with van der Waals surface area (Å²) in [7, 11) is 0. The number of rotatable bonds is 10. The van der Waals surface area contributed by atoms with Crippen LogP contribution in [0.5, 0.6) is 5.88 Å². The van der Waals surface area contributed by atoms with Gasteiger partial charge in [-0.25, -0.2) is 9.78 Å². The van der Waals surface area contributed by atoms with E-state index in [1.165, 1.54) is 0 Å². The number of hydrogen-bond donors (Lipinski definition) is 1. The van der Waals surface area contributed by atoms with Gasteiger partial charge in [-0.15, -0.1) is 0 Å². The van der Waals surface area contributed by atoms with Crippen LogP contribution in [0.15, 0.2) is 41.3 Å². The Morgan fingerprint density at radius 3 is 2.51 bits per heavy atom. The highest BCUT2D eigenvalue weighted by Crippen LogP contribution is 2.55. The lowest BCUT2D eigenvalue weighted by Gasteiger charge is -2.52. The first kappa shape index (κ1) is 26.3. The Balaban J connectivity index is 1.14. The van der Waals surface area contributed by atoms with Gasteiger partial charge < -0.3 is 19.1 Å². The van der Waals surface area contributed by atoms with Crippen LogP contribution in [0.3, 0.4) is 0 Å². The summed E-state index contributed by atoms with van der Waals surface area (Å²) < 4.78 is 17.8. The van der Waals surface area contributed by atoms with Crippen LogP contribution in [-0.4, -0.2) is 38.4 Å². The zero-order valence-corrected chi connectivity index (χ0v) is 22.9. The highest BCUT2D eigenvalue weighted by atomic mass is 35.5. The third kappa shape index (κ3) is 5.55. The van der Waals surface area contributed by atoms with Gasteiger partial charge >= 0.3 is 5.97 Å². The van der Waals surface area contributed by atoms with Crippen LogP contribution in [-0.2, 0) is 16.1 Å². The van der Waals surface area contributed by atoms with Crippen LogP contribution in [0.1, 0.15) is 74.2 Å². The number of nitrogens with zero attached hydrogens (tertiary/aromatic N) is 3. The van der Waals surface area contributed by atoms with Crippen molar-refractivity contribution >= 4 is 35.2 Å². The monoisotopic (exact) mass is 569 g/mol. The van der Waals surface area contributed by atoms with Crippen molar-refractivity contribution in [1.29, 1.82) is 0 Å². The molecule has 3 aromatic rings. The summed E-state index contributed by atoms with van der Waals surface area (Å²) in [4.78, 5) is 18.9. The smallest absolute Gasteiger partial charge is 0.341 e. The molecule has 3 heterocycles. The van der Waals surface area contributed by atoms with Crippen molar-refractivity contribution < 1.29 is 23.9 Å². The molecule has 4 aliphatic carbocycles. The van der Waals surface area contributed by atoms with Crippen molar-refractivity contribution in [2.75, 3.05) is 6.61 Å². The number of allylic oxidation sites excluding steroid dienone is 1. The van der Waals surface area contributed by atoms with Crippen molar-refractivity contribution in [1.82, 2.24) is 15.1 Å². The molecule has 2 bridgehead atoms. The van der Waals surface area contributed by atoms with Gasteiger partial charge in [-0.05, 0) is 68.4 Å². The van der Waals surface area contributed by atoms with Crippen molar-refractivity contribution in [3.8, 4) is 17.1 Å². The van der Waals surface area contributed by atoms with E-state index < -0.39 is 12.6 Å². The predicted octanol–water partition coefficient (Wildman–Crippen LogP) is 7.10. The molecule has 0 radical (unpaired) electrons. The first-order valence-corrected chi connectivity index (χ1v) is 14.0. The van der Waals surface area contributed by atoms with E-state index in [1.807, 2.05) is 6.07 Å². The Morgan fingerprint density at radius 2 is 1.85 bits per heavy atom. The molecule has 3 aromatic heterocycles. The van der Waals surface area contributed by atoms with Crippen molar-refractivity contribution in [2.45, 2.75) is 69.5 Å². The van der Waals surface area contributed by atoms with Crippen LogP contribution in [0.2, 0.25) is 10.0 Å². The SMILES string of the molecule is O=C(O)COc1cc(/C=C/C23CCC(OCc4c(-c5c(Cl)cncc5Cl)noc4C4CC4)(CC2)CC3)ccn1. The fraction of sp³-hybridized carbons (Fsp3) is 0.448. The Hall–Kier alpha value is -2.94. The molecule has 39 heavy (non-hydrogen) atoms. The lowest BCUT2D eigenvalue weighted by atomic mass is 9.58. The first-order valence-electron chi connectivity index (χ1n) is 13.3. The van der Waals surface area contributed by atoms with Gasteiger partial charge in [0, 0.05) is 41.7 Å². The maximum absolute atomic E-state index is 10.8. The lowest BCUT2D eigenvalue weighted by molar-refractivity contribution is -0.139. The fourth-order valence-corrected chi connectivity index (χ4v) is 6.39. The van der Waals surface area contributed by atoms with E-state index in [4.69, 9.17) is 42.3 Å². The summed E-state index contributed by atoms with van der Waals surface area (Å²) in [6.07, 6.45) is 17.5. The molecule has 7 rings (SSSR count). The zero-order chi connectivity index (χ0) is 27.0. The minimum absolute atomic E-state index is 0.135. The van der Waals surface area contributed by atoms with Gasteiger partial charge in [-0.3, -0.25) is 4.98 Å². The number of pyridine rings is 2. The largest absolute Gasteiger partial charge is 0.479 e. The van der Waals surface area contributed by atoms with Gasteiger partial charge in [0.1, 0.15) is 11.5 Å². The van der Waals surface area contributed by atoms with Crippen molar-refractivity contribution in [3.63, 3.8) is 0 Å². The Bertz CT molecular complexity index is 1370. The normalized spacial score (nSPS) is 24.4. The van der Waals surface area contributed by atoms with Crippen LogP contribution in [0.4, 0.5) is 0 Å². The number of halogens is 2. The van der Waals surface area contributed by atoms with Crippen LogP contribution < -0.4 is 4.74 Å². The number of ether oxygens (including phenoxy) is 2. The number of aromatic nitrogens is 3. The summed E-state index contributed by atoms with van der Waals surface area (Å²) in [6.45, 7) is 0.00592. The summed E-state index contributed by atoms with van der Waals surface area (Å²) in [5.74, 6) is 0.546. The molecule has 8 nitrogen and oxygen atoms in total. The molecule has 0 spiro atoms. The summed E-state index contributed by atoms with van der Waals surface area (Å²) in [5.41, 5.74) is 3.16. The molecule has 0 unspecified atom stereocenters. The second-order valence-electron chi connectivity index (χ2n) is 10.9. The second-order valence-corrected chi connectivity index (χ2v) is 11.7. The average Bonchev–Trinajstić information content (AvgIpc) is 3.71. The molecule has 0 aliphatic heterocycles. The average molecular weight is 570 g/mol. The summed E-state index contributed by atoms with van der Waals surface area (Å²) >= 11 is 12.9. The second kappa shape index (κ2) is 10.6. The molecule has 0 saturated heterocycles. The van der Waals surface area contributed by atoms with Crippen molar-refractivity contribution in [3.05, 3.63) is 63.7 Å². The van der Waals surface area contributed by atoms with Gasteiger partial charge in [0.25, 0.3) is 0 Å². The molecule has 4 aliphatic rings. The predicted molar refractivity (Wildman–Crippen MR) is 146 cm³/mol. The van der Waals surface area contributed by atoms with E-state index >= 15 is 0 Å². The molecule has 0 amide bonds. The molecule has 4 fully saturated rings. The number of carboxylic acid groups (broad SMARTS) is 1. The van der Waals surface area contributed by atoms with E-state index in [2.05, 4.69) is 27.3 Å². The Labute approximate surface area is 236 Å². The maximum atomic E-state index is 10.8. The van der Waals surface area contributed by atoms with E-state index in [0.717, 1.165) is 68.3 Å². The highest BCUT2D eigenvalue weighted by Gasteiger charge is 2.48. The number of carboxylic acids is 1. The highest BCUT2D eigenvalue weighted by molar-refractivity contribution is 6.38. The van der Waals surface area contributed by atoms with Gasteiger partial charge in [-0.2, -0.15) is 0 Å². The summed E-state index contributed by atoms with van der Waals surface area (Å²) in [6, 6.07) is 3.67. The molecular formula is C29H29Cl2N3O5. The minimum atomic E-state index is -1.03. The van der Waals surface area contributed by atoms with Crippen LogP contribution in [0.25, 0.3) is 17.3 Å². The third-order valence-electron chi connectivity index (χ3n) is 8.35. The lowest BCUT2D eigenvalue weighted by Crippen LogP contribution is -2.46. The maximum Gasteiger partial charge on any atom is 0.341 e. The van der Waals surface area contributed by atoms with Crippen LogP contribution >= 0.6 is 23.2 Å². The van der Waals surface area contributed by atoms with Crippen LogP contribution in [0, 0.1) is 5.41 Å².